The van der Waals surface area contributed by atoms with Gasteiger partial charge in [0.25, 0.3) is 5.91 Å². The van der Waals surface area contributed by atoms with Crippen LogP contribution in [-0.4, -0.2) is 48.5 Å². The summed E-state index contributed by atoms with van der Waals surface area (Å²) in [4.78, 5) is 32.4. The quantitative estimate of drug-likeness (QED) is 0.734. The normalized spacial score (nSPS) is 10.9. The number of aromatic nitrogens is 1. The Balaban J connectivity index is 2.24. The number of benzene rings is 1. The zero-order valence-electron chi connectivity index (χ0n) is 17.9. The van der Waals surface area contributed by atoms with Crippen molar-refractivity contribution in [2.45, 2.75) is 47.3 Å². The number of carbonyl (C=O) groups is 2. The number of anilines is 1. The Morgan fingerprint density at radius 2 is 1.71 bits per heavy atom. The van der Waals surface area contributed by atoms with E-state index in [1.807, 2.05) is 64.0 Å². The van der Waals surface area contributed by atoms with Crippen molar-refractivity contribution in [1.82, 2.24) is 9.88 Å². The molecule has 1 N–H and O–H groups in total. The number of ether oxygens (including phenoxy) is 1. The highest BCUT2D eigenvalue weighted by Crippen LogP contribution is 2.22. The molecule has 2 aromatic rings. The molecule has 0 atom stereocenters. The Labute approximate surface area is 167 Å². The van der Waals surface area contributed by atoms with E-state index in [-0.39, 0.29) is 12.0 Å². The maximum absolute atomic E-state index is 13.1. The van der Waals surface area contributed by atoms with Crippen LogP contribution in [0.1, 0.15) is 58.4 Å². The van der Waals surface area contributed by atoms with Crippen LogP contribution in [0.5, 0.6) is 0 Å². The molecule has 0 aliphatic rings. The van der Waals surface area contributed by atoms with Gasteiger partial charge in [-0.05, 0) is 57.9 Å². The second-order valence-electron chi connectivity index (χ2n) is 7.46. The van der Waals surface area contributed by atoms with Gasteiger partial charge in [-0.15, -0.1) is 0 Å². The van der Waals surface area contributed by atoms with Gasteiger partial charge in [0, 0.05) is 38.6 Å². The van der Waals surface area contributed by atoms with Gasteiger partial charge in [0.15, 0.2) is 0 Å². The first-order chi connectivity index (χ1) is 13.1. The second-order valence-corrected chi connectivity index (χ2v) is 7.46. The molecule has 1 heterocycles. The number of hydrogen-bond acceptors (Lipinski definition) is 4. The largest absolute Gasteiger partial charge is 0.459 e. The summed E-state index contributed by atoms with van der Waals surface area (Å²) in [5.41, 5.74) is 4.35. The zero-order valence-corrected chi connectivity index (χ0v) is 17.9. The molecule has 0 saturated carbocycles. The first kappa shape index (κ1) is 21.5. The van der Waals surface area contributed by atoms with Crippen LogP contribution >= 0.6 is 0 Å². The van der Waals surface area contributed by atoms with Gasteiger partial charge in [-0.3, -0.25) is 4.79 Å². The molecule has 0 spiro atoms. The van der Waals surface area contributed by atoms with Crippen LogP contribution in [0, 0.1) is 13.8 Å². The number of carbonyl (C=O) groups excluding carboxylic acids is 2. The minimum Gasteiger partial charge on any atom is -0.459 e. The van der Waals surface area contributed by atoms with E-state index in [4.69, 9.17) is 4.74 Å². The number of aromatic amines is 1. The monoisotopic (exact) mass is 385 g/mol. The zero-order chi connectivity index (χ0) is 21.0. The van der Waals surface area contributed by atoms with Gasteiger partial charge in [-0.1, -0.05) is 12.1 Å². The number of amides is 1. The molecular weight excluding hydrogens is 354 g/mol. The number of nitrogens with zero attached hydrogens (tertiary/aromatic N) is 2. The molecule has 1 amide bonds. The summed E-state index contributed by atoms with van der Waals surface area (Å²) in [6.07, 6.45) is -0.211. The first-order valence-electron chi connectivity index (χ1n) is 9.61. The standard InChI is InChI=1S/C22H31N3O3/c1-8-25(13-17-9-11-18(12-10-17)24(6)7)21(26)20-15(4)19(16(5)23-20)22(27)28-14(2)3/h9-12,14,23H,8,13H2,1-7H3. The Morgan fingerprint density at radius 3 is 2.21 bits per heavy atom. The van der Waals surface area contributed by atoms with Crippen LogP contribution in [0.25, 0.3) is 0 Å². The lowest BCUT2D eigenvalue weighted by Crippen LogP contribution is -2.31. The Hall–Kier alpha value is -2.76. The lowest BCUT2D eigenvalue weighted by atomic mass is 10.1. The van der Waals surface area contributed by atoms with Gasteiger partial charge >= 0.3 is 5.97 Å². The highest BCUT2D eigenvalue weighted by atomic mass is 16.5. The Morgan fingerprint density at radius 1 is 1.11 bits per heavy atom. The number of rotatable bonds is 7. The fourth-order valence-corrected chi connectivity index (χ4v) is 3.15. The topological polar surface area (TPSA) is 65.6 Å². The predicted molar refractivity (Wildman–Crippen MR) is 112 cm³/mol. The molecule has 0 aliphatic carbocycles. The van der Waals surface area contributed by atoms with Crippen LogP contribution < -0.4 is 4.90 Å². The van der Waals surface area contributed by atoms with Gasteiger partial charge in [0.2, 0.25) is 0 Å². The van der Waals surface area contributed by atoms with Crippen molar-refractivity contribution in [2.24, 2.45) is 0 Å². The Kier molecular flexibility index (Phi) is 6.89. The molecule has 2 rings (SSSR count). The first-order valence-corrected chi connectivity index (χ1v) is 9.61. The van der Waals surface area contributed by atoms with Crippen LogP contribution in [0.4, 0.5) is 5.69 Å². The third kappa shape index (κ3) is 4.74. The van der Waals surface area contributed by atoms with Crippen molar-refractivity contribution in [3.63, 3.8) is 0 Å². The fraction of sp³-hybridized carbons (Fsp3) is 0.455. The highest BCUT2D eigenvalue weighted by molar-refractivity contribution is 6.00. The summed E-state index contributed by atoms with van der Waals surface area (Å²) >= 11 is 0. The summed E-state index contributed by atoms with van der Waals surface area (Å²) < 4.78 is 5.32. The third-order valence-electron chi connectivity index (χ3n) is 4.69. The molecule has 0 radical (unpaired) electrons. The lowest BCUT2D eigenvalue weighted by molar-refractivity contribution is 0.0376. The fourth-order valence-electron chi connectivity index (χ4n) is 3.15. The molecule has 152 valence electrons. The van der Waals surface area contributed by atoms with E-state index in [0.29, 0.717) is 35.6 Å². The van der Waals surface area contributed by atoms with Gasteiger partial charge in [-0.2, -0.15) is 0 Å². The molecule has 6 nitrogen and oxygen atoms in total. The van der Waals surface area contributed by atoms with E-state index in [1.165, 1.54) is 0 Å². The molecule has 0 unspecified atom stereocenters. The second kappa shape index (κ2) is 8.95. The number of esters is 1. The lowest BCUT2D eigenvalue weighted by Gasteiger charge is -2.21. The molecular formula is C22H31N3O3. The average molecular weight is 386 g/mol. The molecule has 0 aliphatic heterocycles. The van der Waals surface area contributed by atoms with Crippen LogP contribution in [-0.2, 0) is 11.3 Å². The van der Waals surface area contributed by atoms with Crippen molar-refractivity contribution in [3.05, 3.63) is 52.3 Å². The summed E-state index contributed by atoms with van der Waals surface area (Å²) in [6, 6.07) is 8.14. The number of nitrogens with one attached hydrogen (secondary N) is 1. The van der Waals surface area contributed by atoms with Crippen molar-refractivity contribution in [3.8, 4) is 0 Å². The third-order valence-corrected chi connectivity index (χ3v) is 4.69. The number of H-pyrrole nitrogens is 1. The van der Waals surface area contributed by atoms with Gasteiger partial charge in [-0.25, -0.2) is 4.79 Å². The van der Waals surface area contributed by atoms with Crippen LogP contribution in [0.15, 0.2) is 24.3 Å². The van der Waals surface area contributed by atoms with Crippen molar-refractivity contribution < 1.29 is 14.3 Å². The molecule has 0 fully saturated rings. The average Bonchev–Trinajstić information content (AvgIpc) is 2.93. The van der Waals surface area contributed by atoms with E-state index >= 15 is 0 Å². The minimum atomic E-state index is -0.400. The van der Waals surface area contributed by atoms with E-state index in [2.05, 4.69) is 4.98 Å². The van der Waals surface area contributed by atoms with E-state index in [9.17, 15) is 9.59 Å². The minimum absolute atomic E-state index is 0.122. The van der Waals surface area contributed by atoms with Crippen molar-refractivity contribution in [1.29, 1.82) is 0 Å². The molecule has 1 aromatic heterocycles. The molecule has 1 aromatic carbocycles. The highest BCUT2D eigenvalue weighted by Gasteiger charge is 2.26. The number of hydrogen-bond donors (Lipinski definition) is 1. The smallest absolute Gasteiger partial charge is 0.340 e. The predicted octanol–water partition coefficient (Wildman–Crippen LogP) is 3.93. The van der Waals surface area contributed by atoms with E-state index in [1.54, 1.807) is 18.7 Å². The summed E-state index contributed by atoms with van der Waals surface area (Å²) in [5, 5.41) is 0. The van der Waals surface area contributed by atoms with Gasteiger partial charge < -0.3 is 19.5 Å². The SMILES string of the molecule is CCN(Cc1ccc(N(C)C)cc1)C(=O)c1[nH]c(C)c(C(=O)OC(C)C)c1C. The summed E-state index contributed by atoms with van der Waals surface area (Å²) in [7, 11) is 3.99. The maximum atomic E-state index is 13.1. The molecule has 6 heteroatoms. The van der Waals surface area contributed by atoms with E-state index < -0.39 is 5.97 Å². The Bertz CT molecular complexity index is 835. The van der Waals surface area contributed by atoms with Crippen molar-refractivity contribution >= 4 is 17.6 Å². The molecule has 0 bridgehead atoms. The summed E-state index contributed by atoms with van der Waals surface area (Å²) in [6.45, 7) is 10.2. The van der Waals surface area contributed by atoms with Crippen LogP contribution in [0.2, 0.25) is 0 Å². The van der Waals surface area contributed by atoms with E-state index in [0.717, 1.165) is 11.3 Å². The van der Waals surface area contributed by atoms with Gasteiger partial charge in [0.05, 0.1) is 11.7 Å². The van der Waals surface area contributed by atoms with Gasteiger partial charge in [0.1, 0.15) is 5.69 Å². The molecule has 28 heavy (non-hydrogen) atoms. The molecule has 0 saturated heterocycles. The summed E-state index contributed by atoms with van der Waals surface area (Å²) in [5.74, 6) is -0.522. The maximum Gasteiger partial charge on any atom is 0.340 e. The number of aryl methyl sites for hydroxylation is 1. The van der Waals surface area contributed by atoms with Crippen molar-refractivity contribution in [2.75, 3.05) is 25.5 Å². The van der Waals surface area contributed by atoms with Crippen LogP contribution in [0.3, 0.4) is 0 Å².